The molecule has 2 rings (SSSR count). The normalized spacial score (nSPS) is 28.0. The van der Waals surface area contributed by atoms with Gasteiger partial charge in [-0.2, -0.15) is 4.98 Å². The molecule has 0 aliphatic carbocycles. The molecule has 0 aromatic carbocycles. The van der Waals surface area contributed by atoms with Gasteiger partial charge in [-0.15, -0.1) is 5.10 Å². The number of H-pyrrole nitrogens is 1. The van der Waals surface area contributed by atoms with Crippen LogP contribution in [0.5, 0.6) is 0 Å². The number of piperidine rings is 1. The zero-order chi connectivity index (χ0) is 10.1. The molecular formula is C8H15N5O. The largest absolute Gasteiger partial charge is 0.391 e. The van der Waals surface area contributed by atoms with E-state index in [1.54, 1.807) is 0 Å². The summed E-state index contributed by atoms with van der Waals surface area (Å²) in [4.78, 5) is 5.98. The number of anilines is 2. The lowest BCUT2D eigenvalue weighted by molar-refractivity contribution is 0.132. The molecule has 1 aliphatic heterocycles. The van der Waals surface area contributed by atoms with Gasteiger partial charge in [0.25, 0.3) is 0 Å². The second-order valence-electron chi connectivity index (χ2n) is 3.92. The Kier molecular flexibility index (Phi) is 2.28. The van der Waals surface area contributed by atoms with E-state index in [0.717, 1.165) is 13.0 Å². The van der Waals surface area contributed by atoms with Crippen LogP contribution in [0.3, 0.4) is 0 Å². The number of aromatic amines is 1. The van der Waals surface area contributed by atoms with Crippen LogP contribution in [-0.2, 0) is 0 Å². The Balaban J connectivity index is 2.10. The lowest BCUT2D eigenvalue weighted by Gasteiger charge is -2.33. The molecule has 0 saturated carbocycles. The quantitative estimate of drug-likeness (QED) is 0.569. The molecule has 14 heavy (non-hydrogen) atoms. The Hall–Kier alpha value is -1.30. The molecule has 0 bridgehead atoms. The molecule has 4 N–H and O–H groups in total. The van der Waals surface area contributed by atoms with E-state index in [9.17, 15) is 5.11 Å². The number of nitrogens with one attached hydrogen (secondary N) is 1. The first-order chi connectivity index (χ1) is 6.65. The summed E-state index contributed by atoms with van der Waals surface area (Å²) in [6, 6.07) is 0. The van der Waals surface area contributed by atoms with E-state index in [0.29, 0.717) is 24.4 Å². The fraction of sp³-hybridized carbons (Fsp3) is 0.750. The highest BCUT2D eigenvalue weighted by Gasteiger charge is 2.25. The van der Waals surface area contributed by atoms with Crippen molar-refractivity contribution >= 4 is 11.9 Å². The first-order valence-electron chi connectivity index (χ1n) is 4.76. The Morgan fingerprint density at radius 1 is 1.57 bits per heavy atom. The topological polar surface area (TPSA) is 91.1 Å². The number of hydrogen-bond acceptors (Lipinski definition) is 5. The maximum absolute atomic E-state index is 9.58. The van der Waals surface area contributed by atoms with Gasteiger partial charge in [0.05, 0.1) is 6.10 Å². The van der Waals surface area contributed by atoms with Crippen molar-refractivity contribution in [3.8, 4) is 0 Å². The molecule has 1 aromatic heterocycles. The van der Waals surface area contributed by atoms with E-state index in [-0.39, 0.29) is 6.10 Å². The molecule has 2 atom stereocenters. The van der Waals surface area contributed by atoms with Crippen molar-refractivity contribution < 1.29 is 5.11 Å². The van der Waals surface area contributed by atoms with Crippen molar-refractivity contribution in [1.82, 2.24) is 15.2 Å². The van der Waals surface area contributed by atoms with Gasteiger partial charge in [0.15, 0.2) is 0 Å². The van der Waals surface area contributed by atoms with Gasteiger partial charge in [-0.1, -0.05) is 6.92 Å². The van der Waals surface area contributed by atoms with Gasteiger partial charge < -0.3 is 15.7 Å². The average molecular weight is 197 g/mol. The lowest BCUT2D eigenvalue weighted by Crippen LogP contribution is -2.42. The molecule has 0 unspecified atom stereocenters. The molecule has 6 heteroatoms. The number of aromatic nitrogens is 3. The van der Waals surface area contributed by atoms with Gasteiger partial charge in [-0.25, -0.2) is 5.10 Å². The van der Waals surface area contributed by atoms with Crippen molar-refractivity contribution in [2.75, 3.05) is 23.7 Å². The van der Waals surface area contributed by atoms with Crippen LogP contribution in [0.15, 0.2) is 0 Å². The summed E-state index contributed by atoms with van der Waals surface area (Å²) < 4.78 is 0. The first-order valence-corrected chi connectivity index (χ1v) is 4.76. The van der Waals surface area contributed by atoms with E-state index in [1.165, 1.54) is 0 Å². The zero-order valence-electron chi connectivity index (χ0n) is 8.14. The predicted octanol–water partition coefficient (Wildman–Crippen LogP) is -0.406. The summed E-state index contributed by atoms with van der Waals surface area (Å²) >= 11 is 0. The van der Waals surface area contributed by atoms with Crippen molar-refractivity contribution in [3.63, 3.8) is 0 Å². The number of aliphatic hydroxyl groups excluding tert-OH is 1. The number of nitrogens with two attached hydrogens (primary N) is 1. The molecule has 2 heterocycles. The van der Waals surface area contributed by atoms with Crippen LogP contribution in [-0.4, -0.2) is 39.5 Å². The summed E-state index contributed by atoms with van der Waals surface area (Å²) in [5.41, 5.74) is 5.44. The summed E-state index contributed by atoms with van der Waals surface area (Å²) in [6.07, 6.45) is 0.551. The van der Waals surface area contributed by atoms with Crippen LogP contribution in [0.25, 0.3) is 0 Å². The van der Waals surface area contributed by atoms with Crippen LogP contribution < -0.4 is 10.6 Å². The molecule has 1 aromatic rings. The number of nitrogens with zero attached hydrogens (tertiary/aromatic N) is 3. The van der Waals surface area contributed by atoms with Gasteiger partial charge in [0.2, 0.25) is 11.9 Å². The lowest BCUT2D eigenvalue weighted by atomic mass is 9.98. The number of β-amino-alcohol motifs (C(OH)–C–C–N with tert-alkyl or cyclic N) is 1. The van der Waals surface area contributed by atoms with Crippen LogP contribution in [0.1, 0.15) is 13.3 Å². The maximum Gasteiger partial charge on any atom is 0.246 e. The third-order valence-corrected chi connectivity index (χ3v) is 2.41. The molecule has 0 radical (unpaired) electrons. The third kappa shape index (κ3) is 1.79. The highest BCUT2D eigenvalue weighted by molar-refractivity contribution is 5.34. The van der Waals surface area contributed by atoms with E-state index in [1.807, 2.05) is 4.90 Å². The van der Waals surface area contributed by atoms with Crippen LogP contribution in [0.2, 0.25) is 0 Å². The van der Waals surface area contributed by atoms with Crippen LogP contribution in [0, 0.1) is 5.92 Å². The molecule has 1 fully saturated rings. The molecule has 6 nitrogen and oxygen atoms in total. The Labute approximate surface area is 82.1 Å². The smallest absolute Gasteiger partial charge is 0.246 e. The van der Waals surface area contributed by atoms with E-state index >= 15 is 0 Å². The minimum absolute atomic E-state index is 0.293. The predicted molar refractivity (Wildman–Crippen MR) is 52.8 cm³/mol. The minimum atomic E-state index is -0.293. The number of hydrogen-bond donors (Lipinski definition) is 3. The van der Waals surface area contributed by atoms with Gasteiger partial charge in [-0.3, -0.25) is 0 Å². The monoisotopic (exact) mass is 197 g/mol. The number of nitrogen functional groups attached to an aromatic ring is 1. The SMILES string of the molecule is C[C@@H]1C[C@H](O)CN(c2n[nH]c(N)n2)C1. The Morgan fingerprint density at radius 3 is 2.93 bits per heavy atom. The molecule has 1 saturated heterocycles. The second-order valence-corrected chi connectivity index (χ2v) is 3.92. The Bertz CT molecular complexity index is 302. The van der Waals surface area contributed by atoms with Gasteiger partial charge in [0.1, 0.15) is 0 Å². The Morgan fingerprint density at radius 2 is 2.36 bits per heavy atom. The summed E-state index contributed by atoms with van der Waals surface area (Å²) in [7, 11) is 0. The fourth-order valence-electron chi connectivity index (χ4n) is 1.89. The first kappa shape index (κ1) is 9.26. The van der Waals surface area contributed by atoms with Crippen molar-refractivity contribution in [1.29, 1.82) is 0 Å². The second kappa shape index (κ2) is 3.45. The van der Waals surface area contributed by atoms with Gasteiger partial charge >= 0.3 is 0 Å². The summed E-state index contributed by atoms with van der Waals surface area (Å²) in [5, 5.41) is 16.1. The third-order valence-electron chi connectivity index (χ3n) is 2.41. The number of rotatable bonds is 1. The van der Waals surface area contributed by atoms with Gasteiger partial charge in [0, 0.05) is 13.1 Å². The fourth-order valence-corrected chi connectivity index (χ4v) is 1.89. The van der Waals surface area contributed by atoms with Crippen LogP contribution >= 0.6 is 0 Å². The molecule has 0 amide bonds. The average Bonchev–Trinajstić information content (AvgIpc) is 2.50. The maximum atomic E-state index is 9.58. The minimum Gasteiger partial charge on any atom is -0.391 e. The van der Waals surface area contributed by atoms with E-state index in [2.05, 4.69) is 22.1 Å². The highest BCUT2D eigenvalue weighted by atomic mass is 16.3. The standard InChI is InChI=1S/C8H15N5O/c1-5-2-6(14)4-13(3-5)8-10-7(9)11-12-8/h5-6,14H,2-4H2,1H3,(H3,9,10,11,12)/t5-,6+/m1/s1. The van der Waals surface area contributed by atoms with Crippen molar-refractivity contribution in [2.24, 2.45) is 5.92 Å². The highest BCUT2D eigenvalue weighted by Crippen LogP contribution is 2.20. The molecule has 1 aliphatic rings. The van der Waals surface area contributed by atoms with E-state index in [4.69, 9.17) is 5.73 Å². The summed E-state index contributed by atoms with van der Waals surface area (Å²) in [5.74, 6) is 1.35. The van der Waals surface area contributed by atoms with Gasteiger partial charge in [-0.05, 0) is 12.3 Å². The molecule has 0 spiro atoms. The summed E-state index contributed by atoms with van der Waals surface area (Å²) in [6.45, 7) is 3.56. The van der Waals surface area contributed by atoms with E-state index < -0.39 is 0 Å². The van der Waals surface area contributed by atoms with Crippen LogP contribution in [0.4, 0.5) is 11.9 Å². The zero-order valence-corrected chi connectivity index (χ0v) is 8.14. The van der Waals surface area contributed by atoms with Crippen molar-refractivity contribution in [3.05, 3.63) is 0 Å². The van der Waals surface area contributed by atoms with Crippen molar-refractivity contribution in [2.45, 2.75) is 19.4 Å². The number of aliphatic hydroxyl groups is 1. The molecular weight excluding hydrogens is 182 g/mol. The molecule has 78 valence electrons.